The lowest BCUT2D eigenvalue weighted by Crippen LogP contribution is -3.18. The van der Waals surface area contributed by atoms with Gasteiger partial charge in [0.1, 0.15) is 6.54 Å². The molecule has 1 aliphatic heterocycles. The van der Waals surface area contributed by atoms with Crippen LogP contribution >= 0.6 is 0 Å². The number of carbonyl (C=O) groups is 2. The van der Waals surface area contributed by atoms with Gasteiger partial charge in [-0.2, -0.15) is 0 Å². The molecule has 2 fully saturated rings. The van der Waals surface area contributed by atoms with Crippen molar-refractivity contribution in [1.29, 1.82) is 0 Å². The molecule has 1 unspecified atom stereocenters. The Hall–Kier alpha value is -1.62. The van der Waals surface area contributed by atoms with Gasteiger partial charge < -0.3 is 14.6 Å². The monoisotopic (exact) mass is 333 g/mol. The van der Waals surface area contributed by atoms with Gasteiger partial charge in [-0.3, -0.25) is 4.79 Å². The number of fused-ring (bicyclic) bond motifs is 1. The minimum atomic E-state index is -0.377. The fraction of sp³-hybridized carbons (Fsp3) is 0.684. The standard InChI is InChI=1S/C19H28N2O3/c1-12-17(19(23)24-3)13(2)20-18(12)16(22)11-21-10-6-8-14-7-4-5-9-15(14)21/h14-15,20H,4-11H2,1-3H3/p+1/t14-,15-/m0/s1. The summed E-state index contributed by atoms with van der Waals surface area (Å²) in [5, 5.41) is 0. The molecule has 2 heterocycles. The average Bonchev–Trinajstić information content (AvgIpc) is 2.89. The van der Waals surface area contributed by atoms with Crippen LogP contribution in [0.4, 0.5) is 0 Å². The number of nitrogens with one attached hydrogen (secondary N) is 2. The number of H-pyrrole nitrogens is 1. The molecular weight excluding hydrogens is 304 g/mol. The molecule has 1 aromatic heterocycles. The van der Waals surface area contributed by atoms with E-state index in [0.29, 0.717) is 29.5 Å². The summed E-state index contributed by atoms with van der Waals surface area (Å²) in [6, 6.07) is 0.646. The number of quaternary nitrogens is 1. The molecule has 5 heteroatoms. The second-order valence-electron chi connectivity index (χ2n) is 7.42. The molecule has 132 valence electrons. The lowest BCUT2D eigenvalue weighted by Gasteiger charge is -2.40. The van der Waals surface area contributed by atoms with E-state index in [1.165, 1.54) is 50.5 Å². The number of Topliss-reactive ketones (excluding diaryl/α,β-unsaturated/α-hetero) is 1. The Balaban J connectivity index is 1.76. The summed E-state index contributed by atoms with van der Waals surface area (Å²) in [4.78, 5) is 29.4. The van der Waals surface area contributed by atoms with Gasteiger partial charge in [-0.1, -0.05) is 6.42 Å². The molecule has 0 radical (unpaired) electrons. The van der Waals surface area contributed by atoms with E-state index in [-0.39, 0.29) is 11.8 Å². The summed E-state index contributed by atoms with van der Waals surface area (Å²) in [6.45, 7) is 5.27. The van der Waals surface area contributed by atoms with Crippen molar-refractivity contribution in [2.24, 2.45) is 5.92 Å². The number of ether oxygens (including phenoxy) is 1. The Kier molecular flexibility index (Phi) is 5.09. The zero-order valence-corrected chi connectivity index (χ0v) is 15.0. The van der Waals surface area contributed by atoms with Crippen molar-refractivity contribution < 1.29 is 19.2 Å². The number of aromatic amines is 1. The first-order valence-corrected chi connectivity index (χ1v) is 9.18. The van der Waals surface area contributed by atoms with Crippen LogP contribution in [0.5, 0.6) is 0 Å². The summed E-state index contributed by atoms with van der Waals surface area (Å²) >= 11 is 0. The van der Waals surface area contributed by atoms with Crippen LogP contribution in [0.2, 0.25) is 0 Å². The topological polar surface area (TPSA) is 63.6 Å². The van der Waals surface area contributed by atoms with Crippen molar-refractivity contribution in [2.45, 2.75) is 58.4 Å². The van der Waals surface area contributed by atoms with Crippen LogP contribution in [0.25, 0.3) is 0 Å². The largest absolute Gasteiger partial charge is 0.465 e. The van der Waals surface area contributed by atoms with E-state index in [4.69, 9.17) is 4.74 Å². The van der Waals surface area contributed by atoms with Gasteiger partial charge in [0.05, 0.1) is 31.0 Å². The zero-order chi connectivity index (χ0) is 17.3. The van der Waals surface area contributed by atoms with Gasteiger partial charge in [0.25, 0.3) is 0 Å². The molecule has 1 aliphatic carbocycles. The fourth-order valence-corrected chi connectivity index (χ4v) is 4.82. The van der Waals surface area contributed by atoms with E-state index in [1.807, 2.05) is 13.8 Å². The zero-order valence-electron chi connectivity index (χ0n) is 15.0. The number of likely N-dealkylation sites (tertiary alicyclic amines) is 1. The molecule has 2 N–H and O–H groups in total. The predicted molar refractivity (Wildman–Crippen MR) is 91.6 cm³/mol. The molecule has 1 saturated carbocycles. The quantitative estimate of drug-likeness (QED) is 0.653. The molecule has 24 heavy (non-hydrogen) atoms. The summed E-state index contributed by atoms with van der Waals surface area (Å²) in [7, 11) is 1.37. The van der Waals surface area contributed by atoms with Gasteiger partial charge in [-0.25, -0.2) is 4.79 Å². The summed E-state index contributed by atoms with van der Waals surface area (Å²) < 4.78 is 4.84. The van der Waals surface area contributed by atoms with Crippen LogP contribution in [0.3, 0.4) is 0 Å². The number of carbonyl (C=O) groups excluding carboxylic acids is 2. The highest BCUT2D eigenvalue weighted by atomic mass is 16.5. The predicted octanol–water partition coefficient (Wildman–Crippen LogP) is 1.84. The van der Waals surface area contributed by atoms with Gasteiger partial charge in [0, 0.05) is 11.6 Å². The van der Waals surface area contributed by atoms with Crippen LogP contribution in [-0.4, -0.2) is 43.0 Å². The van der Waals surface area contributed by atoms with E-state index in [0.717, 1.165) is 18.0 Å². The Morgan fingerprint density at radius 3 is 2.62 bits per heavy atom. The van der Waals surface area contributed by atoms with Crippen molar-refractivity contribution >= 4 is 11.8 Å². The normalized spacial score (nSPS) is 26.7. The van der Waals surface area contributed by atoms with E-state index >= 15 is 0 Å². The molecule has 1 aromatic rings. The smallest absolute Gasteiger partial charge is 0.339 e. The number of esters is 1. The third kappa shape index (κ3) is 3.14. The molecule has 1 saturated heterocycles. The van der Waals surface area contributed by atoms with Crippen molar-refractivity contribution in [2.75, 3.05) is 20.2 Å². The second kappa shape index (κ2) is 7.09. The second-order valence-corrected chi connectivity index (χ2v) is 7.42. The Bertz CT molecular complexity index is 633. The van der Waals surface area contributed by atoms with Crippen molar-refractivity contribution in [1.82, 2.24) is 4.98 Å². The molecule has 0 spiro atoms. The molecular formula is C19H29N2O3+. The number of methoxy groups -OCH3 is 1. The third-order valence-corrected chi connectivity index (χ3v) is 6.00. The third-order valence-electron chi connectivity index (χ3n) is 6.00. The Morgan fingerprint density at radius 1 is 1.17 bits per heavy atom. The molecule has 3 atom stereocenters. The maximum atomic E-state index is 12.9. The average molecular weight is 333 g/mol. The van der Waals surface area contributed by atoms with Crippen LogP contribution in [0.1, 0.15) is 70.6 Å². The summed E-state index contributed by atoms with van der Waals surface area (Å²) in [5.74, 6) is 0.539. The molecule has 5 nitrogen and oxygen atoms in total. The fourth-order valence-electron chi connectivity index (χ4n) is 4.82. The molecule has 0 amide bonds. The van der Waals surface area contributed by atoms with Crippen molar-refractivity contribution in [3.8, 4) is 0 Å². The Labute approximate surface area is 143 Å². The maximum Gasteiger partial charge on any atom is 0.339 e. The number of aryl methyl sites for hydroxylation is 1. The van der Waals surface area contributed by atoms with Gasteiger partial charge in [-0.15, -0.1) is 0 Å². The van der Waals surface area contributed by atoms with E-state index in [2.05, 4.69) is 4.98 Å². The summed E-state index contributed by atoms with van der Waals surface area (Å²) in [6.07, 6.45) is 7.78. The van der Waals surface area contributed by atoms with Gasteiger partial charge >= 0.3 is 5.97 Å². The van der Waals surface area contributed by atoms with Gasteiger partial charge in [-0.05, 0) is 51.5 Å². The molecule has 3 rings (SSSR count). The number of piperidine rings is 1. The van der Waals surface area contributed by atoms with Crippen LogP contribution in [0, 0.1) is 19.8 Å². The number of rotatable bonds is 4. The molecule has 0 bridgehead atoms. The number of hydrogen-bond acceptors (Lipinski definition) is 3. The molecule has 2 aliphatic rings. The van der Waals surface area contributed by atoms with Crippen LogP contribution < -0.4 is 4.90 Å². The van der Waals surface area contributed by atoms with Crippen LogP contribution in [0.15, 0.2) is 0 Å². The van der Waals surface area contributed by atoms with E-state index in [1.54, 1.807) is 0 Å². The van der Waals surface area contributed by atoms with Crippen molar-refractivity contribution in [3.63, 3.8) is 0 Å². The Morgan fingerprint density at radius 2 is 1.88 bits per heavy atom. The van der Waals surface area contributed by atoms with Crippen molar-refractivity contribution in [3.05, 3.63) is 22.5 Å². The van der Waals surface area contributed by atoms with E-state index in [9.17, 15) is 9.59 Å². The number of aromatic nitrogens is 1. The lowest BCUT2D eigenvalue weighted by molar-refractivity contribution is -0.928. The summed E-state index contributed by atoms with van der Waals surface area (Å²) in [5.41, 5.74) is 2.52. The first kappa shape index (κ1) is 17.2. The van der Waals surface area contributed by atoms with Gasteiger partial charge in [0.15, 0.2) is 0 Å². The number of hydrogen-bond donors (Lipinski definition) is 2. The highest BCUT2D eigenvalue weighted by Crippen LogP contribution is 2.28. The minimum absolute atomic E-state index is 0.118. The maximum absolute atomic E-state index is 12.9. The highest BCUT2D eigenvalue weighted by molar-refractivity contribution is 6.01. The first-order chi connectivity index (χ1) is 11.5. The lowest BCUT2D eigenvalue weighted by atomic mass is 9.78. The van der Waals surface area contributed by atoms with Crippen LogP contribution in [-0.2, 0) is 4.74 Å². The first-order valence-electron chi connectivity index (χ1n) is 9.18. The van der Waals surface area contributed by atoms with E-state index < -0.39 is 0 Å². The SMILES string of the molecule is COC(=O)c1c(C)[nH]c(C(=O)C[NH+]2CCC[C@@H]3CCCC[C@@H]32)c1C. The molecule has 0 aromatic carbocycles. The minimum Gasteiger partial charge on any atom is -0.465 e. The van der Waals surface area contributed by atoms with Gasteiger partial charge in [0.2, 0.25) is 5.78 Å². The highest BCUT2D eigenvalue weighted by Gasteiger charge is 2.38. The number of ketones is 1.